The number of likely N-dealkylation sites (tertiary alicyclic amines) is 1. The van der Waals surface area contributed by atoms with E-state index < -0.39 is 0 Å². The van der Waals surface area contributed by atoms with Crippen LogP contribution in [0.1, 0.15) is 24.0 Å². The highest BCUT2D eigenvalue weighted by atomic mass is 16.2. The van der Waals surface area contributed by atoms with Gasteiger partial charge < -0.3 is 9.88 Å². The van der Waals surface area contributed by atoms with E-state index in [2.05, 4.69) is 65.6 Å². The summed E-state index contributed by atoms with van der Waals surface area (Å²) in [6.45, 7) is 2.55. The molecule has 0 radical (unpaired) electrons. The Bertz CT molecular complexity index is 902. The smallest absolute Gasteiger partial charge is 0.224 e. The SMILES string of the molecule is CN(Cc1ccccc1)C1CCN(CCc2c[nH]c3ccccc23)C(=O)C1. The summed E-state index contributed by atoms with van der Waals surface area (Å²) in [5.41, 5.74) is 3.76. The van der Waals surface area contributed by atoms with E-state index in [-0.39, 0.29) is 5.91 Å². The van der Waals surface area contributed by atoms with Gasteiger partial charge >= 0.3 is 0 Å². The van der Waals surface area contributed by atoms with Crippen LogP contribution in [0.2, 0.25) is 0 Å². The van der Waals surface area contributed by atoms with Crippen molar-refractivity contribution in [2.75, 3.05) is 20.1 Å². The molecule has 4 heteroatoms. The Kier molecular flexibility index (Phi) is 5.26. The topological polar surface area (TPSA) is 39.3 Å². The molecule has 3 aromatic rings. The summed E-state index contributed by atoms with van der Waals surface area (Å²) in [5.74, 6) is 0.283. The predicted octanol–water partition coefficient (Wildman–Crippen LogP) is 3.83. The first kappa shape index (κ1) is 17.8. The maximum atomic E-state index is 12.7. The molecular formula is C23H27N3O. The minimum Gasteiger partial charge on any atom is -0.361 e. The van der Waals surface area contributed by atoms with E-state index in [1.54, 1.807) is 0 Å². The van der Waals surface area contributed by atoms with Crippen LogP contribution < -0.4 is 0 Å². The fourth-order valence-corrected chi connectivity index (χ4v) is 4.07. The molecule has 0 saturated carbocycles. The number of hydrogen-bond donors (Lipinski definition) is 1. The quantitative estimate of drug-likeness (QED) is 0.725. The molecule has 1 aromatic heterocycles. The highest BCUT2D eigenvalue weighted by molar-refractivity contribution is 5.83. The summed E-state index contributed by atoms with van der Waals surface area (Å²) in [6.07, 6.45) is 4.65. The van der Waals surface area contributed by atoms with E-state index in [4.69, 9.17) is 0 Å². The first-order valence-electron chi connectivity index (χ1n) is 9.77. The van der Waals surface area contributed by atoms with Crippen LogP contribution in [-0.2, 0) is 17.8 Å². The molecule has 1 saturated heterocycles. The zero-order chi connectivity index (χ0) is 18.6. The van der Waals surface area contributed by atoms with E-state index in [1.165, 1.54) is 22.0 Å². The van der Waals surface area contributed by atoms with Crippen molar-refractivity contribution in [1.29, 1.82) is 0 Å². The van der Waals surface area contributed by atoms with Gasteiger partial charge in [-0.15, -0.1) is 0 Å². The van der Waals surface area contributed by atoms with Crippen molar-refractivity contribution in [2.24, 2.45) is 0 Å². The Morgan fingerprint density at radius 3 is 2.70 bits per heavy atom. The third kappa shape index (κ3) is 4.06. The predicted molar refractivity (Wildman–Crippen MR) is 110 cm³/mol. The van der Waals surface area contributed by atoms with Crippen LogP contribution >= 0.6 is 0 Å². The van der Waals surface area contributed by atoms with Crippen molar-refractivity contribution >= 4 is 16.8 Å². The van der Waals surface area contributed by atoms with Crippen LogP contribution in [0.5, 0.6) is 0 Å². The molecule has 1 fully saturated rings. The second kappa shape index (κ2) is 7.97. The van der Waals surface area contributed by atoms with Crippen LogP contribution in [0.4, 0.5) is 0 Å². The summed E-state index contributed by atoms with van der Waals surface area (Å²) in [5, 5.41) is 1.27. The molecule has 0 bridgehead atoms. The Labute approximate surface area is 160 Å². The number of aromatic amines is 1. The van der Waals surface area contributed by atoms with E-state index in [9.17, 15) is 4.79 Å². The number of fused-ring (bicyclic) bond motifs is 1. The highest BCUT2D eigenvalue weighted by Crippen LogP contribution is 2.21. The Balaban J connectivity index is 1.31. The molecule has 4 nitrogen and oxygen atoms in total. The van der Waals surface area contributed by atoms with Crippen molar-refractivity contribution in [2.45, 2.75) is 31.8 Å². The summed E-state index contributed by atoms with van der Waals surface area (Å²) >= 11 is 0. The fraction of sp³-hybridized carbons (Fsp3) is 0.348. The number of nitrogens with one attached hydrogen (secondary N) is 1. The molecule has 140 valence electrons. The van der Waals surface area contributed by atoms with Gasteiger partial charge in [-0.05, 0) is 37.1 Å². The zero-order valence-corrected chi connectivity index (χ0v) is 15.9. The van der Waals surface area contributed by atoms with Crippen LogP contribution in [0.3, 0.4) is 0 Å². The lowest BCUT2D eigenvalue weighted by Gasteiger charge is -2.36. The number of piperidine rings is 1. The first-order valence-corrected chi connectivity index (χ1v) is 9.77. The number of carbonyl (C=O) groups is 1. The molecular weight excluding hydrogens is 334 g/mol. The van der Waals surface area contributed by atoms with Gasteiger partial charge in [0.25, 0.3) is 0 Å². The Morgan fingerprint density at radius 2 is 1.89 bits per heavy atom. The molecule has 1 N–H and O–H groups in total. The lowest BCUT2D eigenvalue weighted by atomic mass is 10.0. The number of hydrogen-bond acceptors (Lipinski definition) is 2. The zero-order valence-electron chi connectivity index (χ0n) is 15.9. The van der Waals surface area contributed by atoms with Gasteiger partial charge in [-0.2, -0.15) is 0 Å². The van der Waals surface area contributed by atoms with Crippen molar-refractivity contribution < 1.29 is 4.79 Å². The van der Waals surface area contributed by atoms with Crippen LogP contribution in [0.25, 0.3) is 10.9 Å². The molecule has 0 aliphatic carbocycles. The van der Waals surface area contributed by atoms with Gasteiger partial charge in [0.2, 0.25) is 5.91 Å². The van der Waals surface area contributed by atoms with E-state index >= 15 is 0 Å². The lowest BCUT2D eigenvalue weighted by Crippen LogP contribution is -2.46. The number of benzene rings is 2. The third-order valence-corrected chi connectivity index (χ3v) is 5.72. The summed E-state index contributed by atoms with van der Waals surface area (Å²) < 4.78 is 0. The number of rotatable bonds is 6. The van der Waals surface area contributed by atoms with Crippen molar-refractivity contribution in [3.05, 3.63) is 71.9 Å². The Hall–Kier alpha value is -2.59. The number of carbonyl (C=O) groups excluding carboxylic acids is 1. The molecule has 0 spiro atoms. The number of H-pyrrole nitrogens is 1. The van der Waals surface area contributed by atoms with Gasteiger partial charge in [0, 0.05) is 49.2 Å². The largest absolute Gasteiger partial charge is 0.361 e. The first-order chi connectivity index (χ1) is 13.2. The van der Waals surface area contributed by atoms with E-state index in [0.29, 0.717) is 12.5 Å². The van der Waals surface area contributed by atoms with Crippen LogP contribution in [0.15, 0.2) is 60.8 Å². The second-order valence-electron chi connectivity index (χ2n) is 7.54. The van der Waals surface area contributed by atoms with Gasteiger partial charge in [0.1, 0.15) is 0 Å². The molecule has 4 rings (SSSR count). The van der Waals surface area contributed by atoms with Gasteiger partial charge in [0.05, 0.1) is 0 Å². The molecule has 1 aliphatic heterocycles. The van der Waals surface area contributed by atoms with E-state index in [0.717, 1.165) is 32.5 Å². The van der Waals surface area contributed by atoms with Crippen molar-refractivity contribution in [1.82, 2.24) is 14.8 Å². The molecule has 1 unspecified atom stereocenters. The van der Waals surface area contributed by atoms with Gasteiger partial charge in [-0.1, -0.05) is 48.5 Å². The number of para-hydroxylation sites is 1. The number of nitrogens with zero attached hydrogens (tertiary/aromatic N) is 2. The summed E-state index contributed by atoms with van der Waals surface area (Å²) in [7, 11) is 2.13. The minimum atomic E-state index is 0.283. The van der Waals surface area contributed by atoms with Gasteiger partial charge in [0.15, 0.2) is 0 Å². The second-order valence-corrected chi connectivity index (χ2v) is 7.54. The van der Waals surface area contributed by atoms with Crippen molar-refractivity contribution in [3.63, 3.8) is 0 Å². The average Bonchev–Trinajstić information content (AvgIpc) is 3.11. The van der Waals surface area contributed by atoms with Crippen molar-refractivity contribution in [3.8, 4) is 0 Å². The van der Waals surface area contributed by atoms with Gasteiger partial charge in [-0.3, -0.25) is 9.69 Å². The highest BCUT2D eigenvalue weighted by Gasteiger charge is 2.28. The fourth-order valence-electron chi connectivity index (χ4n) is 4.07. The number of aromatic nitrogens is 1. The minimum absolute atomic E-state index is 0.283. The van der Waals surface area contributed by atoms with Crippen LogP contribution in [0, 0.1) is 0 Å². The van der Waals surface area contributed by atoms with E-state index in [1.807, 2.05) is 17.0 Å². The molecule has 1 atom stereocenters. The molecule has 1 aliphatic rings. The maximum absolute atomic E-state index is 12.7. The van der Waals surface area contributed by atoms with Gasteiger partial charge in [-0.25, -0.2) is 0 Å². The molecule has 2 aromatic carbocycles. The summed E-state index contributed by atoms with van der Waals surface area (Å²) in [4.78, 5) is 20.4. The maximum Gasteiger partial charge on any atom is 0.224 e. The van der Waals surface area contributed by atoms with Crippen LogP contribution in [-0.4, -0.2) is 46.9 Å². The molecule has 27 heavy (non-hydrogen) atoms. The molecule has 2 heterocycles. The number of amides is 1. The average molecular weight is 361 g/mol. The Morgan fingerprint density at radius 1 is 1.11 bits per heavy atom. The standard InChI is InChI=1S/C23H27N3O/c1-25(17-18-7-3-2-4-8-18)20-12-14-26(23(27)15-20)13-11-19-16-24-22-10-6-5-9-21(19)22/h2-10,16,20,24H,11-15,17H2,1H3. The molecule has 1 amide bonds. The normalized spacial score (nSPS) is 17.8. The monoisotopic (exact) mass is 361 g/mol. The lowest BCUT2D eigenvalue weighted by molar-refractivity contribution is -0.135. The summed E-state index contributed by atoms with van der Waals surface area (Å²) in [6, 6.07) is 19.2. The third-order valence-electron chi connectivity index (χ3n) is 5.72.